The van der Waals surface area contributed by atoms with Gasteiger partial charge in [0.1, 0.15) is 0 Å². The van der Waals surface area contributed by atoms with Crippen LogP contribution in [0.1, 0.15) is 23.7 Å². The van der Waals surface area contributed by atoms with Crippen molar-refractivity contribution in [2.45, 2.75) is 13.3 Å². The van der Waals surface area contributed by atoms with Crippen molar-refractivity contribution in [1.82, 2.24) is 4.90 Å². The van der Waals surface area contributed by atoms with E-state index in [1.54, 1.807) is 0 Å². The molecule has 0 aliphatic heterocycles. The highest BCUT2D eigenvalue weighted by Gasteiger charge is 2.09. The zero-order valence-corrected chi connectivity index (χ0v) is 9.53. The van der Waals surface area contributed by atoms with E-state index < -0.39 is 0 Å². The zero-order valence-electron chi connectivity index (χ0n) is 9.53. The lowest BCUT2D eigenvalue weighted by molar-refractivity contribution is 0.102. The third-order valence-electron chi connectivity index (χ3n) is 2.12. The minimum Gasteiger partial charge on any atom is -0.383 e. The molecule has 0 aromatic heterocycles. The van der Waals surface area contributed by atoms with Crippen molar-refractivity contribution >= 4 is 5.78 Å². The molecule has 0 heterocycles. The maximum absolute atomic E-state index is 12.0. The Morgan fingerprint density at radius 1 is 1.27 bits per heavy atom. The molecule has 1 aromatic rings. The summed E-state index contributed by atoms with van der Waals surface area (Å²) < 4.78 is 0. The van der Waals surface area contributed by atoms with Gasteiger partial charge in [-0.2, -0.15) is 0 Å². The average molecular weight is 203 g/mol. The third kappa shape index (κ3) is 3.24. The minimum atomic E-state index is 0.117. The molecule has 2 nitrogen and oxygen atoms in total. The number of benzene rings is 1. The van der Waals surface area contributed by atoms with Crippen LogP contribution in [0, 0.1) is 0 Å². The van der Waals surface area contributed by atoms with Crippen LogP contribution in [-0.2, 0) is 0 Å². The molecule has 0 fully saturated rings. The smallest absolute Gasteiger partial charge is 0.190 e. The van der Waals surface area contributed by atoms with Crippen LogP contribution in [0.3, 0.4) is 0 Å². The fourth-order valence-electron chi connectivity index (χ4n) is 1.40. The SMILES string of the molecule is CC/C(=C\N(C)C)C(=O)c1ccccc1. The van der Waals surface area contributed by atoms with Crippen LogP contribution in [0.4, 0.5) is 0 Å². The van der Waals surface area contributed by atoms with Gasteiger partial charge in [-0.1, -0.05) is 37.3 Å². The molecule has 0 unspecified atom stereocenters. The fraction of sp³-hybridized carbons (Fsp3) is 0.308. The Kier molecular flexibility index (Phi) is 4.10. The third-order valence-corrected chi connectivity index (χ3v) is 2.12. The normalized spacial score (nSPS) is 11.3. The maximum atomic E-state index is 12.0. The molecular weight excluding hydrogens is 186 g/mol. The monoisotopic (exact) mass is 203 g/mol. The number of allylic oxidation sites excluding steroid dienone is 1. The highest BCUT2D eigenvalue weighted by atomic mass is 16.1. The lowest BCUT2D eigenvalue weighted by atomic mass is 10.0. The van der Waals surface area contributed by atoms with Crippen molar-refractivity contribution in [3.8, 4) is 0 Å². The van der Waals surface area contributed by atoms with Gasteiger partial charge in [-0.05, 0) is 6.42 Å². The molecule has 0 saturated carbocycles. The van der Waals surface area contributed by atoms with E-state index in [0.29, 0.717) is 0 Å². The molecule has 0 saturated heterocycles. The molecule has 1 rings (SSSR count). The van der Waals surface area contributed by atoms with E-state index in [2.05, 4.69) is 0 Å². The Morgan fingerprint density at radius 2 is 1.87 bits per heavy atom. The fourth-order valence-corrected chi connectivity index (χ4v) is 1.40. The number of Topliss-reactive ketones (excluding diaryl/α,β-unsaturated/α-hetero) is 1. The van der Waals surface area contributed by atoms with Gasteiger partial charge in [0.2, 0.25) is 0 Å². The summed E-state index contributed by atoms with van der Waals surface area (Å²) in [4.78, 5) is 13.9. The number of carbonyl (C=O) groups is 1. The average Bonchev–Trinajstić information content (AvgIpc) is 2.26. The first-order valence-corrected chi connectivity index (χ1v) is 5.12. The summed E-state index contributed by atoms with van der Waals surface area (Å²) in [5.41, 5.74) is 1.60. The van der Waals surface area contributed by atoms with Gasteiger partial charge in [-0.25, -0.2) is 0 Å². The Hall–Kier alpha value is -1.57. The lowest BCUT2D eigenvalue weighted by Crippen LogP contribution is -2.09. The van der Waals surface area contributed by atoms with Crippen LogP contribution in [0.2, 0.25) is 0 Å². The van der Waals surface area contributed by atoms with E-state index in [9.17, 15) is 4.79 Å². The molecule has 0 aliphatic rings. The summed E-state index contributed by atoms with van der Waals surface area (Å²) in [7, 11) is 3.85. The van der Waals surface area contributed by atoms with E-state index in [4.69, 9.17) is 0 Å². The van der Waals surface area contributed by atoms with Crippen molar-refractivity contribution < 1.29 is 4.79 Å². The largest absolute Gasteiger partial charge is 0.383 e. The summed E-state index contributed by atoms with van der Waals surface area (Å²) in [5.74, 6) is 0.117. The molecule has 0 N–H and O–H groups in total. The number of hydrogen-bond donors (Lipinski definition) is 0. The topological polar surface area (TPSA) is 20.3 Å². The second kappa shape index (κ2) is 5.35. The molecule has 80 valence electrons. The number of hydrogen-bond acceptors (Lipinski definition) is 2. The van der Waals surface area contributed by atoms with Crippen LogP contribution in [-0.4, -0.2) is 24.8 Å². The van der Waals surface area contributed by atoms with E-state index in [0.717, 1.165) is 17.6 Å². The summed E-state index contributed by atoms with van der Waals surface area (Å²) in [6.07, 6.45) is 2.64. The Bertz CT molecular complexity index is 352. The van der Waals surface area contributed by atoms with Gasteiger partial charge in [0.15, 0.2) is 5.78 Å². The molecule has 15 heavy (non-hydrogen) atoms. The van der Waals surface area contributed by atoms with Crippen LogP contribution in [0.25, 0.3) is 0 Å². The minimum absolute atomic E-state index is 0.117. The van der Waals surface area contributed by atoms with Crippen molar-refractivity contribution in [2.75, 3.05) is 14.1 Å². The molecular formula is C13H17NO. The Labute approximate surface area is 91.2 Å². The number of ketones is 1. The molecule has 0 radical (unpaired) electrons. The van der Waals surface area contributed by atoms with Crippen molar-refractivity contribution in [2.24, 2.45) is 0 Å². The van der Waals surface area contributed by atoms with Gasteiger partial charge in [-0.15, -0.1) is 0 Å². The summed E-state index contributed by atoms with van der Waals surface area (Å²) in [5, 5.41) is 0. The molecule has 1 aromatic carbocycles. The Balaban J connectivity index is 2.93. The highest BCUT2D eigenvalue weighted by molar-refractivity contribution is 6.08. The van der Waals surface area contributed by atoms with Crippen LogP contribution >= 0.6 is 0 Å². The quantitative estimate of drug-likeness (QED) is 0.554. The van der Waals surface area contributed by atoms with Gasteiger partial charge in [0, 0.05) is 31.4 Å². The summed E-state index contributed by atoms with van der Waals surface area (Å²) in [6, 6.07) is 9.38. The van der Waals surface area contributed by atoms with Gasteiger partial charge in [0.05, 0.1) is 0 Å². The first kappa shape index (κ1) is 11.5. The van der Waals surface area contributed by atoms with Crippen molar-refractivity contribution in [1.29, 1.82) is 0 Å². The first-order valence-electron chi connectivity index (χ1n) is 5.12. The lowest BCUT2D eigenvalue weighted by Gasteiger charge is -2.09. The van der Waals surface area contributed by atoms with Crippen LogP contribution < -0.4 is 0 Å². The number of carbonyl (C=O) groups excluding carboxylic acids is 1. The molecule has 0 spiro atoms. The predicted molar refractivity (Wildman–Crippen MR) is 62.8 cm³/mol. The van der Waals surface area contributed by atoms with E-state index in [1.807, 2.05) is 62.5 Å². The van der Waals surface area contributed by atoms with Gasteiger partial charge >= 0.3 is 0 Å². The summed E-state index contributed by atoms with van der Waals surface area (Å²) in [6.45, 7) is 2.00. The van der Waals surface area contributed by atoms with E-state index in [-0.39, 0.29) is 5.78 Å². The van der Waals surface area contributed by atoms with Gasteiger partial charge < -0.3 is 4.90 Å². The van der Waals surface area contributed by atoms with Gasteiger partial charge in [0.25, 0.3) is 0 Å². The van der Waals surface area contributed by atoms with Gasteiger partial charge in [-0.3, -0.25) is 4.79 Å². The maximum Gasteiger partial charge on any atom is 0.190 e. The number of nitrogens with zero attached hydrogens (tertiary/aromatic N) is 1. The van der Waals surface area contributed by atoms with Crippen molar-refractivity contribution in [3.05, 3.63) is 47.7 Å². The predicted octanol–water partition coefficient (Wildman–Crippen LogP) is 2.72. The van der Waals surface area contributed by atoms with Crippen LogP contribution in [0.5, 0.6) is 0 Å². The zero-order chi connectivity index (χ0) is 11.3. The molecule has 0 bridgehead atoms. The highest BCUT2D eigenvalue weighted by Crippen LogP contribution is 2.11. The van der Waals surface area contributed by atoms with Crippen molar-refractivity contribution in [3.63, 3.8) is 0 Å². The molecule has 0 atom stereocenters. The second-order valence-corrected chi connectivity index (χ2v) is 3.67. The first-order chi connectivity index (χ1) is 7.15. The standard InChI is InChI=1S/C13H17NO/c1-4-11(10-14(2)3)13(15)12-8-6-5-7-9-12/h5-10H,4H2,1-3H3/b11-10+. The molecule has 0 amide bonds. The van der Waals surface area contributed by atoms with E-state index >= 15 is 0 Å². The number of rotatable bonds is 4. The molecule has 2 heteroatoms. The second-order valence-electron chi connectivity index (χ2n) is 3.67. The summed E-state index contributed by atoms with van der Waals surface area (Å²) >= 11 is 0. The van der Waals surface area contributed by atoms with Crippen LogP contribution in [0.15, 0.2) is 42.1 Å². The van der Waals surface area contributed by atoms with E-state index in [1.165, 1.54) is 0 Å². The Morgan fingerprint density at radius 3 is 2.33 bits per heavy atom. The molecule has 0 aliphatic carbocycles.